The molecule has 0 aliphatic rings. The molecule has 0 aliphatic carbocycles. The summed E-state index contributed by atoms with van der Waals surface area (Å²) in [7, 11) is -4.10. The van der Waals surface area contributed by atoms with Crippen LogP contribution in [0.1, 0.15) is 10.4 Å². The molecule has 21 heavy (non-hydrogen) atoms. The number of rotatable bonds is 4. The van der Waals surface area contributed by atoms with Gasteiger partial charge in [-0.1, -0.05) is 12.1 Å². The van der Waals surface area contributed by atoms with Crippen molar-refractivity contribution in [3.63, 3.8) is 0 Å². The first-order valence-corrected chi connectivity index (χ1v) is 7.89. The van der Waals surface area contributed by atoms with Crippen molar-refractivity contribution in [2.45, 2.75) is 4.90 Å². The summed E-state index contributed by atoms with van der Waals surface area (Å²) < 4.78 is 39.9. The van der Waals surface area contributed by atoms with Crippen LogP contribution < -0.4 is 4.72 Å². The largest absolute Gasteiger partial charge is 0.478 e. The molecule has 110 valence electrons. The number of carboxylic acids is 1. The molecule has 0 amide bonds. The van der Waals surface area contributed by atoms with Crippen LogP contribution in [0.5, 0.6) is 0 Å². The minimum absolute atomic E-state index is 0.116. The fraction of sp³-hybridized carbons (Fsp3) is 0. The highest BCUT2D eigenvalue weighted by atomic mass is 79.9. The summed E-state index contributed by atoms with van der Waals surface area (Å²) in [6.07, 6.45) is 0. The Balaban J connectivity index is 2.49. The van der Waals surface area contributed by atoms with Crippen molar-refractivity contribution in [3.8, 4) is 0 Å². The molecule has 0 fully saturated rings. The van der Waals surface area contributed by atoms with Crippen molar-refractivity contribution in [2.75, 3.05) is 4.72 Å². The normalized spacial score (nSPS) is 11.1. The maximum Gasteiger partial charge on any atom is 0.337 e. The van der Waals surface area contributed by atoms with Crippen LogP contribution in [0.3, 0.4) is 0 Å². The minimum Gasteiger partial charge on any atom is -0.478 e. The molecule has 0 saturated carbocycles. The molecule has 2 aromatic carbocycles. The molecular formula is C13H9BrFNO4S. The van der Waals surface area contributed by atoms with Crippen molar-refractivity contribution < 1.29 is 22.7 Å². The zero-order valence-corrected chi connectivity index (χ0v) is 12.8. The summed E-state index contributed by atoms with van der Waals surface area (Å²) in [6.45, 7) is 0. The molecule has 0 bridgehead atoms. The van der Waals surface area contributed by atoms with E-state index in [0.29, 0.717) is 0 Å². The standard InChI is InChI=1S/C13H9BrFNO4S/c14-11-6-2-5-10(13(17)18)12(11)16-21(19,20)9-4-1-3-8(15)7-9/h1-7,16H,(H,17,18). The number of aromatic carboxylic acids is 1. The Kier molecular flexibility index (Phi) is 4.29. The van der Waals surface area contributed by atoms with Crippen LogP contribution in [0.25, 0.3) is 0 Å². The van der Waals surface area contributed by atoms with Gasteiger partial charge in [0.15, 0.2) is 0 Å². The first kappa shape index (κ1) is 15.5. The predicted molar refractivity (Wildman–Crippen MR) is 78.3 cm³/mol. The van der Waals surface area contributed by atoms with Gasteiger partial charge in [-0.2, -0.15) is 0 Å². The number of carboxylic acid groups (broad SMARTS) is 1. The smallest absolute Gasteiger partial charge is 0.337 e. The second kappa shape index (κ2) is 5.82. The molecule has 2 rings (SSSR count). The lowest BCUT2D eigenvalue weighted by Gasteiger charge is -2.12. The third kappa shape index (κ3) is 3.40. The van der Waals surface area contributed by atoms with Crippen LogP contribution in [0.15, 0.2) is 51.8 Å². The van der Waals surface area contributed by atoms with Gasteiger partial charge in [0.05, 0.1) is 16.1 Å². The molecule has 2 N–H and O–H groups in total. The fourth-order valence-corrected chi connectivity index (χ4v) is 3.36. The Morgan fingerprint density at radius 1 is 1.19 bits per heavy atom. The van der Waals surface area contributed by atoms with Crippen molar-refractivity contribution in [2.24, 2.45) is 0 Å². The Bertz CT molecular complexity index is 808. The summed E-state index contributed by atoms with van der Waals surface area (Å²) in [5.74, 6) is -1.99. The van der Waals surface area contributed by atoms with Crippen LogP contribution in [0.2, 0.25) is 0 Å². The number of hydrogen-bond donors (Lipinski definition) is 2. The monoisotopic (exact) mass is 373 g/mol. The highest BCUT2D eigenvalue weighted by Gasteiger charge is 2.20. The molecule has 0 aliphatic heterocycles. The summed E-state index contributed by atoms with van der Waals surface area (Å²) >= 11 is 3.09. The highest BCUT2D eigenvalue weighted by Crippen LogP contribution is 2.29. The van der Waals surface area contributed by atoms with Crippen LogP contribution in [-0.2, 0) is 10.0 Å². The van der Waals surface area contributed by atoms with E-state index in [9.17, 15) is 17.6 Å². The zero-order chi connectivity index (χ0) is 15.6. The van der Waals surface area contributed by atoms with Gasteiger partial charge in [-0.3, -0.25) is 4.72 Å². The van der Waals surface area contributed by atoms with Crippen LogP contribution in [-0.4, -0.2) is 19.5 Å². The van der Waals surface area contributed by atoms with E-state index in [1.54, 1.807) is 0 Å². The second-order valence-electron chi connectivity index (χ2n) is 4.03. The summed E-state index contributed by atoms with van der Waals surface area (Å²) in [4.78, 5) is 10.8. The third-order valence-electron chi connectivity index (χ3n) is 2.59. The lowest BCUT2D eigenvalue weighted by molar-refractivity contribution is 0.0698. The Hall–Kier alpha value is -1.93. The second-order valence-corrected chi connectivity index (χ2v) is 6.57. The Morgan fingerprint density at radius 3 is 2.48 bits per heavy atom. The maximum atomic E-state index is 13.1. The highest BCUT2D eigenvalue weighted by molar-refractivity contribution is 9.10. The number of benzene rings is 2. The van der Waals surface area contributed by atoms with E-state index in [0.717, 1.165) is 12.1 Å². The lowest BCUT2D eigenvalue weighted by Crippen LogP contribution is -2.16. The van der Waals surface area contributed by atoms with E-state index in [1.165, 1.54) is 30.3 Å². The SMILES string of the molecule is O=C(O)c1cccc(Br)c1NS(=O)(=O)c1cccc(F)c1. The number of sulfonamides is 1. The molecule has 0 heterocycles. The molecule has 0 unspecified atom stereocenters. The number of hydrogen-bond acceptors (Lipinski definition) is 3. The van der Waals surface area contributed by atoms with E-state index in [4.69, 9.17) is 5.11 Å². The van der Waals surface area contributed by atoms with Crippen molar-refractivity contribution in [3.05, 3.63) is 58.3 Å². The molecule has 5 nitrogen and oxygen atoms in total. The van der Waals surface area contributed by atoms with Gasteiger partial charge in [-0.15, -0.1) is 0 Å². The number of halogens is 2. The van der Waals surface area contributed by atoms with Crippen LogP contribution >= 0.6 is 15.9 Å². The van der Waals surface area contributed by atoms with Gasteiger partial charge in [-0.05, 0) is 46.3 Å². The van der Waals surface area contributed by atoms with Crippen LogP contribution in [0.4, 0.5) is 10.1 Å². The van der Waals surface area contributed by atoms with E-state index >= 15 is 0 Å². The van der Waals surface area contributed by atoms with E-state index in [1.807, 2.05) is 0 Å². The first-order chi connectivity index (χ1) is 9.81. The quantitative estimate of drug-likeness (QED) is 0.862. The van der Waals surface area contributed by atoms with Crippen molar-refractivity contribution in [1.82, 2.24) is 0 Å². The predicted octanol–water partition coefficient (Wildman–Crippen LogP) is 3.09. The van der Waals surface area contributed by atoms with E-state index in [-0.39, 0.29) is 20.6 Å². The average molecular weight is 374 g/mol. The van der Waals surface area contributed by atoms with Gasteiger partial charge in [0, 0.05) is 4.47 Å². The molecule has 0 spiro atoms. The van der Waals surface area contributed by atoms with Gasteiger partial charge in [0.2, 0.25) is 0 Å². The maximum absolute atomic E-state index is 13.1. The third-order valence-corrected chi connectivity index (χ3v) is 4.60. The summed E-state index contributed by atoms with van der Waals surface area (Å²) in [5.41, 5.74) is -0.335. The van der Waals surface area contributed by atoms with E-state index in [2.05, 4.69) is 20.7 Å². The molecule has 0 atom stereocenters. The average Bonchev–Trinajstić information content (AvgIpc) is 2.40. The lowest BCUT2D eigenvalue weighted by atomic mass is 10.2. The van der Waals surface area contributed by atoms with Crippen molar-refractivity contribution >= 4 is 37.6 Å². The molecule has 2 aromatic rings. The number of nitrogens with one attached hydrogen (secondary N) is 1. The van der Waals surface area contributed by atoms with Gasteiger partial charge < -0.3 is 5.11 Å². The topological polar surface area (TPSA) is 83.5 Å². The van der Waals surface area contributed by atoms with Crippen molar-refractivity contribution in [1.29, 1.82) is 0 Å². The minimum atomic E-state index is -4.10. The molecule has 0 aromatic heterocycles. The number of para-hydroxylation sites is 1. The zero-order valence-electron chi connectivity index (χ0n) is 10.4. The van der Waals surface area contributed by atoms with E-state index < -0.39 is 21.8 Å². The Labute approximate surface area is 128 Å². The van der Waals surface area contributed by atoms with Gasteiger partial charge in [0.1, 0.15) is 5.82 Å². The summed E-state index contributed by atoms with van der Waals surface area (Å²) in [6, 6.07) is 8.64. The van der Waals surface area contributed by atoms with Gasteiger partial charge in [-0.25, -0.2) is 17.6 Å². The summed E-state index contributed by atoms with van der Waals surface area (Å²) in [5, 5.41) is 9.09. The molecular weight excluding hydrogens is 365 g/mol. The molecule has 0 radical (unpaired) electrons. The van der Waals surface area contributed by atoms with Gasteiger partial charge in [0.25, 0.3) is 10.0 Å². The molecule has 8 heteroatoms. The fourth-order valence-electron chi connectivity index (χ4n) is 1.63. The number of anilines is 1. The first-order valence-electron chi connectivity index (χ1n) is 5.61. The van der Waals surface area contributed by atoms with Crippen LogP contribution in [0, 0.1) is 5.82 Å². The number of carbonyl (C=O) groups is 1. The molecule has 0 saturated heterocycles. The van der Waals surface area contributed by atoms with Gasteiger partial charge >= 0.3 is 5.97 Å². The Morgan fingerprint density at radius 2 is 1.86 bits per heavy atom.